The molecule has 8 heteroatoms. The van der Waals surface area contributed by atoms with Gasteiger partial charge in [0.05, 0.1) is 24.0 Å². The summed E-state index contributed by atoms with van der Waals surface area (Å²) in [5.74, 6) is 0. The van der Waals surface area contributed by atoms with E-state index in [0.29, 0.717) is 13.0 Å². The van der Waals surface area contributed by atoms with Crippen molar-refractivity contribution < 1.29 is 14.6 Å². The molecule has 29 heavy (non-hydrogen) atoms. The minimum atomic E-state index is -0.456. The lowest BCUT2D eigenvalue weighted by molar-refractivity contribution is 0.0830. The first-order chi connectivity index (χ1) is 14.2. The van der Waals surface area contributed by atoms with Crippen LogP contribution in [0.4, 0.5) is 10.5 Å². The highest BCUT2D eigenvalue weighted by molar-refractivity contribution is 5.94. The smallest absolute Gasteiger partial charge is 0.415 e. The SMILES string of the molecule is O=C1O[C@@H](CO)[C@@H]2Cc3cc(-c4ccc(CNCc5c[nH]nn5)cc4)ccc3N12. The minimum absolute atomic E-state index is 0.115. The van der Waals surface area contributed by atoms with E-state index < -0.39 is 6.10 Å². The average Bonchev–Trinajstić information content (AvgIpc) is 3.45. The molecule has 0 spiro atoms. The molecule has 0 radical (unpaired) electrons. The summed E-state index contributed by atoms with van der Waals surface area (Å²) in [4.78, 5) is 13.8. The van der Waals surface area contributed by atoms with Gasteiger partial charge in [-0.15, -0.1) is 5.10 Å². The standard InChI is InChI=1S/C21H21N5O3/c27-12-20-19-8-16-7-15(5-6-18(16)26(19)21(28)29-20)14-3-1-13(2-4-14)9-22-10-17-11-23-25-24-17/h1-7,11,19-20,22,27H,8-10,12H2,(H,23,24,25)/t19-,20-/m0/s1. The van der Waals surface area contributed by atoms with E-state index in [2.05, 4.69) is 51.1 Å². The van der Waals surface area contributed by atoms with Crippen molar-refractivity contribution in [3.05, 3.63) is 65.5 Å². The summed E-state index contributed by atoms with van der Waals surface area (Å²) >= 11 is 0. The largest absolute Gasteiger partial charge is 0.441 e. The number of benzene rings is 2. The zero-order chi connectivity index (χ0) is 19.8. The van der Waals surface area contributed by atoms with E-state index in [9.17, 15) is 9.90 Å². The zero-order valence-corrected chi connectivity index (χ0v) is 15.7. The third-order valence-electron chi connectivity index (χ3n) is 5.55. The second kappa shape index (κ2) is 7.31. The van der Waals surface area contributed by atoms with Gasteiger partial charge in [0.25, 0.3) is 0 Å². The van der Waals surface area contributed by atoms with Gasteiger partial charge in [0.2, 0.25) is 0 Å². The van der Waals surface area contributed by atoms with E-state index in [-0.39, 0.29) is 18.7 Å². The van der Waals surface area contributed by atoms with Crippen molar-refractivity contribution in [2.24, 2.45) is 0 Å². The van der Waals surface area contributed by atoms with Crippen molar-refractivity contribution >= 4 is 11.8 Å². The molecule has 0 unspecified atom stereocenters. The van der Waals surface area contributed by atoms with Gasteiger partial charge in [0.1, 0.15) is 6.10 Å². The van der Waals surface area contributed by atoms with Crippen LogP contribution in [0.1, 0.15) is 16.8 Å². The summed E-state index contributed by atoms with van der Waals surface area (Å²) in [6.45, 7) is 1.26. The number of anilines is 1. The molecule has 1 amide bonds. The van der Waals surface area contributed by atoms with Crippen LogP contribution in [0.5, 0.6) is 0 Å². The number of aromatic amines is 1. The molecule has 3 N–H and O–H groups in total. The highest BCUT2D eigenvalue weighted by atomic mass is 16.6. The summed E-state index contributed by atoms with van der Waals surface area (Å²) in [6.07, 6.45) is 1.65. The molecule has 2 aliphatic heterocycles. The lowest BCUT2D eigenvalue weighted by atomic mass is 9.99. The number of nitrogens with zero attached hydrogens (tertiary/aromatic N) is 3. The molecular formula is C21H21N5O3. The molecule has 2 aromatic carbocycles. The van der Waals surface area contributed by atoms with Crippen LogP contribution in [-0.4, -0.2) is 45.4 Å². The van der Waals surface area contributed by atoms with E-state index in [1.54, 1.807) is 11.1 Å². The number of rotatable bonds is 6. The highest BCUT2D eigenvalue weighted by Crippen LogP contribution is 2.40. The number of nitrogens with one attached hydrogen (secondary N) is 2. The van der Waals surface area contributed by atoms with Gasteiger partial charge < -0.3 is 15.2 Å². The Labute approximate surface area is 167 Å². The molecule has 1 fully saturated rings. The number of aliphatic hydroxyl groups is 1. The number of aromatic nitrogens is 3. The van der Waals surface area contributed by atoms with Crippen LogP contribution >= 0.6 is 0 Å². The number of hydrogen-bond acceptors (Lipinski definition) is 6. The van der Waals surface area contributed by atoms with E-state index >= 15 is 0 Å². The molecule has 3 aromatic rings. The normalized spacial score (nSPS) is 19.9. The fourth-order valence-electron chi connectivity index (χ4n) is 4.08. The van der Waals surface area contributed by atoms with Gasteiger partial charge in [-0.3, -0.25) is 10.00 Å². The Morgan fingerprint density at radius 3 is 2.76 bits per heavy atom. The second-order valence-electron chi connectivity index (χ2n) is 7.36. The molecular weight excluding hydrogens is 370 g/mol. The van der Waals surface area contributed by atoms with Crippen LogP contribution in [0.15, 0.2) is 48.7 Å². The number of ether oxygens (including phenoxy) is 1. The van der Waals surface area contributed by atoms with E-state index in [1.165, 1.54) is 5.56 Å². The minimum Gasteiger partial charge on any atom is -0.441 e. The van der Waals surface area contributed by atoms with Crippen molar-refractivity contribution in [2.45, 2.75) is 31.7 Å². The van der Waals surface area contributed by atoms with Crippen molar-refractivity contribution in [1.82, 2.24) is 20.7 Å². The van der Waals surface area contributed by atoms with Crippen LogP contribution in [0.2, 0.25) is 0 Å². The van der Waals surface area contributed by atoms with Crippen molar-refractivity contribution in [1.29, 1.82) is 0 Å². The molecule has 2 aliphatic rings. The molecule has 148 valence electrons. The van der Waals surface area contributed by atoms with Gasteiger partial charge in [-0.25, -0.2) is 4.79 Å². The number of fused-ring (bicyclic) bond motifs is 3. The summed E-state index contributed by atoms with van der Waals surface area (Å²) in [6, 6.07) is 14.4. The van der Waals surface area contributed by atoms with E-state index in [4.69, 9.17) is 4.74 Å². The maximum absolute atomic E-state index is 12.1. The first-order valence-electron chi connectivity index (χ1n) is 9.62. The molecule has 0 bridgehead atoms. The van der Waals surface area contributed by atoms with Gasteiger partial charge in [-0.2, -0.15) is 0 Å². The lowest BCUT2D eigenvalue weighted by Gasteiger charge is -2.14. The molecule has 0 saturated carbocycles. The van der Waals surface area contributed by atoms with Crippen molar-refractivity contribution in [3.8, 4) is 11.1 Å². The van der Waals surface area contributed by atoms with Crippen LogP contribution in [0.3, 0.4) is 0 Å². The quantitative estimate of drug-likeness (QED) is 0.594. The third kappa shape index (κ3) is 3.26. The number of cyclic esters (lactones) is 1. The van der Waals surface area contributed by atoms with Gasteiger partial charge in [0, 0.05) is 19.3 Å². The summed E-state index contributed by atoms with van der Waals surface area (Å²) in [7, 11) is 0. The van der Waals surface area contributed by atoms with Crippen LogP contribution in [-0.2, 0) is 24.2 Å². The van der Waals surface area contributed by atoms with Crippen molar-refractivity contribution in [2.75, 3.05) is 11.5 Å². The molecule has 1 aromatic heterocycles. The predicted molar refractivity (Wildman–Crippen MR) is 106 cm³/mol. The Morgan fingerprint density at radius 1 is 1.17 bits per heavy atom. The van der Waals surface area contributed by atoms with Gasteiger partial charge in [-0.1, -0.05) is 35.5 Å². The maximum Gasteiger partial charge on any atom is 0.415 e. The molecule has 3 heterocycles. The number of carbonyl (C=O) groups excluding carboxylic acids is 1. The molecule has 5 rings (SSSR count). The number of carbonyl (C=O) groups is 1. The molecule has 2 atom stereocenters. The number of H-pyrrole nitrogens is 1. The maximum atomic E-state index is 12.1. The zero-order valence-electron chi connectivity index (χ0n) is 15.7. The molecule has 0 aliphatic carbocycles. The number of hydrogen-bond donors (Lipinski definition) is 3. The first kappa shape index (κ1) is 17.8. The average molecular weight is 391 g/mol. The molecule has 1 saturated heterocycles. The fraction of sp³-hybridized carbons (Fsp3) is 0.286. The Balaban J connectivity index is 1.29. The lowest BCUT2D eigenvalue weighted by Crippen LogP contribution is -2.34. The predicted octanol–water partition coefficient (Wildman–Crippen LogP) is 2.00. The Morgan fingerprint density at radius 2 is 2.00 bits per heavy atom. The van der Waals surface area contributed by atoms with Crippen LogP contribution in [0.25, 0.3) is 11.1 Å². The second-order valence-corrected chi connectivity index (χ2v) is 7.36. The molecule has 8 nitrogen and oxygen atoms in total. The van der Waals surface area contributed by atoms with Gasteiger partial charge in [-0.05, 0) is 40.8 Å². The first-order valence-corrected chi connectivity index (χ1v) is 9.62. The fourth-order valence-corrected chi connectivity index (χ4v) is 4.08. The summed E-state index contributed by atoms with van der Waals surface area (Å²) < 4.78 is 5.24. The van der Waals surface area contributed by atoms with Gasteiger partial charge in [0.15, 0.2) is 0 Å². The van der Waals surface area contributed by atoms with Crippen LogP contribution in [0, 0.1) is 0 Å². The van der Waals surface area contributed by atoms with E-state index in [1.807, 2.05) is 12.1 Å². The van der Waals surface area contributed by atoms with Crippen LogP contribution < -0.4 is 10.2 Å². The number of aliphatic hydroxyl groups excluding tert-OH is 1. The van der Waals surface area contributed by atoms with Gasteiger partial charge >= 0.3 is 6.09 Å². The monoisotopic (exact) mass is 391 g/mol. The Bertz CT molecular complexity index is 1020. The Hall–Kier alpha value is -3.23. The Kier molecular flexibility index (Phi) is 4.49. The summed E-state index contributed by atoms with van der Waals surface area (Å²) in [5, 5.41) is 23.2. The topological polar surface area (TPSA) is 103 Å². The highest BCUT2D eigenvalue weighted by Gasteiger charge is 2.47. The number of amides is 1. The summed E-state index contributed by atoms with van der Waals surface area (Å²) in [5.41, 5.74) is 6.30. The van der Waals surface area contributed by atoms with E-state index in [0.717, 1.165) is 34.6 Å². The van der Waals surface area contributed by atoms with Crippen molar-refractivity contribution in [3.63, 3.8) is 0 Å². The third-order valence-corrected chi connectivity index (χ3v) is 5.55.